The molecule has 0 radical (unpaired) electrons. The zero-order valence-corrected chi connectivity index (χ0v) is 22.4. The number of carbonyl (C=O) groups excluding carboxylic acids is 4. The molecule has 0 aromatic heterocycles. The van der Waals surface area contributed by atoms with E-state index in [1.165, 1.54) is 6.92 Å². The highest BCUT2D eigenvalue weighted by Crippen LogP contribution is 2.31. The predicted molar refractivity (Wildman–Crippen MR) is 130 cm³/mol. The lowest BCUT2D eigenvalue weighted by atomic mass is 10.0. The molecule has 1 unspecified atom stereocenters. The zero-order chi connectivity index (χ0) is 24.9. The van der Waals surface area contributed by atoms with E-state index < -0.39 is 5.54 Å². The van der Waals surface area contributed by atoms with Gasteiger partial charge in [-0.3, -0.25) is 24.1 Å². The number of nitrogens with one attached hydrogen (secondary N) is 1. The van der Waals surface area contributed by atoms with Crippen molar-refractivity contribution in [1.82, 2.24) is 10.2 Å². The first-order valence-electron chi connectivity index (χ1n) is 11.0. The van der Waals surface area contributed by atoms with Crippen LogP contribution >= 0.6 is 21.6 Å². The van der Waals surface area contributed by atoms with Gasteiger partial charge >= 0.3 is 5.97 Å². The van der Waals surface area contributed by atoms with Crippen LogP contribution in [0.3, 0.4) is 0 Å². The molecule has 186 valence electrons. The Morgan fingerprint density at radius 2 is 1.69 bits per heavy atom. The molecule has 0 bridgehead atoms. The number of rotatable bonds is 13. The predicted octanol–water partition coefficient (Wildman–Crippen LogP) is 3.57. The minimum absolute atomic E-state index is 0.178. The highest BCUT2D eigenvalue weighted by atomic mass is 33.1. The van der Waals surface area contributed by atoms with Crippen molar-refractivity contribution in [2.75, 3.05) is 25.5 Å². The van der Waals surface area contributed by atoms with Gasteiger partial charge in [0.05, 0.1) is 5.60 Å². The van der Waals surface area contributed by atoms with E-state index >= 15 is 0 Å². The molecule has 1 N–H and O–H groups in total. The molecule has 1 aliphatic heterocycles. The lowest BCUT2D eigenvalue weighted by Gasteiger charge is -2.30. The van der Waals surface area contributed by atoms with E-state index in [2.05, 4.69) is 5.32 Å². The first-order valence-corrected chi connectivity index (χ1v) is 13.4. The van der Waals surface area contributed by atoms with Crippen LogP contribution in [0.15, 0.2) is 0 Å². The molecule has 8 nitrogen and oxygen atoms in total. The molecule has 32 heavy (non-hydrogen) atoms. The maximum absolute atomic E-state index is 12.2. The van der Waals surface area contributed by atoms with Crippen molar-refractivity contribution in [3.8, 4) is 0 Å². The number of likely N-dealkylation sites (tertiary alicyclic amines) is 1. The molecule has 0 saturated carbocycles. The van der Waals surface area contributed by atoms with Gasteiger partial charge in [0.25, 0.3) is 0 Å². The summed E-state index contributed by atoms with van der Waals surface area (Å²) in [5.41, 5.74) is -0.882. The van der Waals surface area contributed by atoms with Crippen LogP contribution in [0.25, 0.3) is 0 Å². The first-order chi connectivity index (χ1) is 14.8. The molecule has 3 amide bonds. The van der Waals surface area contributed by atoms with Crippen molar-refractivity contribution in [2.24, 2.45) is 0 Å². The van der Waals surface area contributed by atoms with Crippen molar-refractivity contribution in [2.45, 2.75) is 91.0 Å². The van der Waals surface area contributed by atoms with Crippen LogP contribution in [-0.4, -0.2) is 70.5 Å². The molecule has 1 saturated heterocycles. The Morgan fingerprint density at radius 1 is 1.12 bits per heavy atom. The van der Waals surface area contributed by atoms with Gasteiger partial charge in [-0.05, 0) is 41.0 Å². The molecule has 1 rings (SSSR count). The fourth-order valence-corrected chi connectivity index (χ4v) is 5.31. The summed E-state index contributed by atoms with van der Waals surface area (Å²) in [5.74, 6) is -0.458. The minimum atomic E-state index is -0.528. The lowest BCUT2D eigenvalue weighted by Crippen LogP contribution is -2.49. The van der Waals surface area contributed by atoms with Gasteiger partial charge in [0, 0.05) is 42.9 Å². The smallest absolute Gasteiger partial charge is 0.302 e. The minimum Gasteiger partial charge on any atom is -0.465 e. The van der Waals surface area contributed by atoms with Crippen LogP contribution in [0.4, 0.5) is 0 Å². The number of ether oxygens (including phenoxy) is 2. The Kier molecular flexibility index (Phi) is 14.2. The van der Waals surface area contributed by atoms with E-state index in [1.807, 2.05) is 48.5 Å². The molecule has 0 aliphatic carbocycles. The molecule has 1 heterocycles. The van der Waals surface area contributed by atoms with Crippen LogP contribution in [-0.2, 0) is 28.7 Å². The Balaban J connectivity index is 0.00000466. The largest absolute Gasteiger partial charge is 0.465 e. The summed E-state index contributed by atoms with van der Waals surface area (Å²) < 4.78 is 11.0. The normalized spacial score (nSPS) is 15.2. The van der Waals surface area contributed by atoms with Crippen molar-refractivity contribution in [1.29, 1.82) is 0 Å². The summed E-state index contributed by atoms with van der Waals surface area (Å²) in [6, 6.07) is 0. The van der Waals surface area contributed by atoms with Gasteiger partial charge in [-0.1, -0.05) is 35.4 Å². The van der Waals surface area contributed by atoms with E-state index in [1.54, 1.807) is 21.6 Å². The molecule has 0 aromatic rings. The molecule has 10 heteroatoms. The second-order valence-corrected chi connectivity index (χ2v) is 11.4. The fourth-order valence-electron chi connectivity index (χ4n) is 2.60. The summed E-state index contributed by atoms with van der Waals surface area (Å²) >= 11 is 0. The van der Waals surface area contributed by atoms with Crippen molar-refractivity contribution in [3.05, 3.63) is 0 Å². The maximum Gasteiger partial charge on any atom is 0.302 e. The second kappa shape index (κ2) is 14.8. The highest BCUT2D eigenvalue weighted by molar-refractivity contribution is 8.77. The number of hydrogen-bond acceptors (Lipinski definition) is 8. The third-order valence-electron chi connectivity index (χ3n) is 4.31. The highest BCUT2D eigenvalue weighted by Gasteiger charge is 2.32. The molecular formula is C22H40N2O6S2. The van der Waals surface area contributed by atoms with Gasteiger partial charge in [0.2, 0.25) is 17.7 Å². The van der Waals surface area contributed by atoms with Gasteiger partial charge in [-0.15, -0.1) is 0 Å². The average molecular weight is 493 g/mol. The van der Waals surface area contributed by atoms with Crippen LogP contribution in [0.2, 0.25) is 0 Å². The summed E-state index contributed by atoms with van der Waals surface area (Å²) in [6.07, 6.45) is 0.944. The molecule has 1 fully saturated rings. The summed E-state index contributed by atoms with van der Waals surface area (Å²) in [7, 11) is 3.32. The number of carbonyl (C=O) groups is 4. The number of imide groups is 1. The average Bonchev–Trinajstić information content (AvgIpc) is 2.99. The standard InChI is InChI=1S/C20H34N2O6S2.C2H6/c1-14(12-27-15(2)23)30-29-13-20(5,6)28-10-9-19(3,4)21-16(24)11-22-17(25)7-8-18(22)26;1-2/h14H,7-13H2,1-6H3,(H,21,24);1-2H3. The van der Waals surface area contributed by atoms with E-state index in [-0.39, 0.29) is 53.9 Å². The van der Waals surface area contributed by atoms with Crippen molar-refractivity contribution in [3.63, 3.8) is 0 Å². The maximum atomic E-state index is 12.2. The van der Waals surface area contributed by atoms with E-state index in [9.17, 15) is 19.2 Å². The quantitative estimate of drug-likeness (QED) is 0.236. The number of hydrogen-bond donors (Lipinski definition) is 1. The second-order valence-electron chi connectivity index (χ2n) is 8.64. The van der Waals surface area contributed by atoms with Crippen LogP contribution < -0.4 is 5.32 Å². The molecule has 1 atom stereocenters. The summed E-state index contributed by atoms with van der Waals surface area (Å²) in [4.78, 5) is 47.4. The SMILES string of the molecule is CC.CC(=O)OCC(C)SSCC(C)(C)OCCC(C)(C)NC(=O)CN1C(=O)CCC1=O. The third-order valence-corrected chi connectivity index (χ3v) is 7.48. The van der Waals surface area contributed by atoms with Gasteiger partial charge in [0.1, 0.15) is 13.2 Å². The Bertz CT molecular complexity index is 624. The summed E-state index contributed by atoms with van der Waals surface area (Å²) in [5, 5.41) is 3.07. The Labute approximate surface area is 200 Å². The fraction of sp³-hybridized carbons (Fsp3) is 0.818. The first kappa shape index (κ1) is 30.7. The van der Waals surface area contributed by atoms with Gasteiger partial charge in [0.15, 0.2) is 0 Å². The number of esters is 1. The van der Waals surface area contributed by atoms with Gasteiger partial charge in [-0.2, -0.15) is 0 Å². The van der Waals surface area contributed by atoms with Crippen LogP contribution in [0.1, 0.15) is 74.7 Å². The van der Waals surface area contributed by atoms with Crippen molar-refractivity contribution >= 4 is 45.3 Å². The van der Waals surface area contributed by atoms with E-state index in [4.69, 9.17) is 9.47 Å². The topological polar surface area (TPSA) is 102 Å². The van der Waals surface area contributed by atoms with Gasteiger partial charge < -0.3 is 14.8 Å². The molecular weight excluding hydrogens is 452 g/mol. The number of amides is 3. The van der Waals surface area contributed by atoms with Crippen LogP contribution in [0, 0.1) is 0 Å². The van der Waals surface area contributed by atoms with Gasteiger partial charge in [-0.25, -0.2) is 0 Å². The molecule has 0 aromatic carbocycles. The monoisotopic (exact) mass is 492 g/mol. The third kappa shape index (κ3) is 13.3. The van der Waals surface area contributed by atoms with Crippen molar-refractivity contribution < 1.29 is 28.7 Å². The lowest BCUT2D eigenvalue weighted by molar-refractivity contribution is -0.143. The van der Waals surface area contributed by atoms with E-state index in [0.717, 1.165) is 10.7 Å². The zero-order valence-electron chi connectivity index (χ0n) is 20.7. The van der Waals surface area contributed by atoms with E-state index in [0.29, 0.717) is 19.6 Å². The summed E-state index contributed by atoms with van der Waals surface area (Å²) in [6.45, 7) is 15.8. The van der Waals surface area contributed by atoms with Crippen LogP contribution in [0.5, 0.6) is 0 Å². The molecule has 1 aliphatic rings. The molecule has 0 spiro atoms. The number of nitrogens with zero attached hydrogens (tertiary/aromatic N) is 1. The Morgan fingerprint density at radius 3 is 2.22 bits per heavy atom. The Hall–Kier alpha value is -1.26.